The number of fused-ring (bicyclic) bond motifs is 1. The summed E-state index contributed by atoms with van der Waals surface area (Å²) < 4.78 is 15.8. The molecule has 1 aromatic heterocycles. The molecule has 0 aliphatic carbocycles. The molecule has 4 rings (SSSR count). The van der Waals surface area contributed by atoms with Gasteiger partial charge in [-0.15, -0.1) is 0 Å². The van der Waals surface area contributed by atoms with Crippen molar-refractivity contribution in [2.24, 2.45) is 7.05 Å². The zero-order valence-corrected chi connectivity index (χ0v) is 15.8. The van der Waals surface area contributed by atoms with Crippen molar-refractivity contribution in [3.05, 3.63) is 71.2 Å². The smallest absolute Gasteiger partial charge is 0.270 e. The molecule has 0 N–H and O–H groups in total. The number of halogens is 1. The van der Waals surface area contributed by atoms with Gasteiger partial charge in [-0.25, -0.2) is 4.39 Å². The minimum absolute atomic E-state index is 0.0247. The summed E-state index contributed by atoms with van der Waals surface area (Å²) in [6, 6.07) is 15.2. The molecule has 1 saturated heterocycles. The van der Waals surface area contributed by atoms with Crippen molar-refractivity contribution >= 4 is 16.8 Å². The van der Waals surface area contributed by atoms with Crippen LogP contribution in [0.4, 0.5) is 4.39 Å². The molecular formula is C22H24FN3O. The number of amides is 1. The Bertz CT molecular complexity index is 986. The second-order valence-corrected chi connectivity index (χ2v) is 7.32. The van der Waals surface area contributed by atoms with Crippen molar-refractivity contribution in [2.75, 3.05) is 26.2 Å². The standard InChI is InChI=1S/C22H24FN3O/c1-16-5-3-6-17(13-16)15-25-9-11-26(12-10-25)22(27)21-14-18-19(23)7-4-8-20(18)24(21)2/h3-8,13-14H,9-12,15H2,1-2H3. The van der Waals surface area contributed by atoms with Gasteiger partial charge in [0.25, 0.3) is 5.91 Å². The van der Waals surface area contributed by atoms with Crippen LogP contribution in [0.5, 0.6) is 0 Å². The van der Waals surface area contributed by atoms with E-state index in [1.165, 1.54) is 17.2 Å². The Hall–Kier alpha value is -2.66. The molecule has 0 unspecified atom stereocenters. The molecule has 0 atom stereocenters. The van der Waals surface area contributed by atoms with E-state index in [0.717, 1.165) is 25.2 Å². The fraction of sp³-hybridized carbons (Fsp3) is 0.318. The summed E-state index contributed by atoms with van der Waals surface area (Å²) in [4.78, 5) is 17.2. The van der Waals surface area contributed by atoms with Gasteiger partial charge in [-0.2, -0.15) is 0 Å². The summed E-state index contributed by atoms with van der Waals surface area (Å²) in [6.07, 6.45) is 0. The highest BCUT2D eigenvalue weighted by Gasteiger charge is 2.25. The van der Waals surface area contributed by atoms with Gasteiger partial charge in [0.2, 0.25) is 0 Å². The Kier molecular flexibility index (Phi) is 4.70. The first-order valence-corrected chi connectivity index (χ1v) is 9.34. The van der Waals surface area contributed by atoms with Crippen LogP contribution in [0.3, 0.4) is 0 Å². The number of hydrogen-bond acceptors (Lipinski definition) is 2. The van der Waals surface area contributed by atoms with E-state index in [-0.39, 0.29) is 11.7 Å². The first-order valence-electron chi connectivity index (χ1n) is 9.34. The largest absolute Gasteiger partial charge is 0.340 e. The monoisotopic (exact) mass is 365 g/mol. The number of aromatic nitrogens is 1. The minimum Gasteiger partial charge on any atom is -0.340 e. The molecule has 1 fully saturated rings. The van der Waals surface area contributed by atoms with Crippen LogP contribution in [0, 0.1) is 12.7 Å². The number of carbonyl (C=O) groups excluding carboxylic acids is 1. The van der Waals surface area contributed by atoms with Gasteiger partial charge in [0.1, 0.15) is 11.5 Å². The van der Waals surface area contributed by atoms with Gasteiger partial charge < -0.3 is 9.47 Å². The van der Waals surface area contributed by atoms with Crippen molar-refractivity contribution in [3.63, 3.8) is 0 Å². The lowest BCUT2D eigenvalue weighted by Gasteiger charge is -2.34. The van der Waals surface area contributed by atoms with Crippen LogP contribution in [0.15, 0.2) is 48.5 Å². The number of nitrogens with zero attached hydrogens (tertiary/aromatic N) is 3. The summed E-state index contributed by atoms with van der Waals surface area (Å²) in [7, 11) is 1.82. The summed E-state index contributed by atoms with van der Waals surface area (Å²) >= 11 is 0. The predicted molar refractivity (Wildman–Crippen MR) is 105 cm³/mol. The lowest BCUT2D eigenvalue weighted by molar-refractivity contribution is 0.0619. The van der Waals surface area contributed by atoms with Gasteiger partial charge in [-0.3, -0.25) is 9.69 Å². The molecule has 2 aromatic carbocycles. The first-order chi connectivity index (χ1) is 13.0. The van der Waals surface area contributed by atoms with Gasteiger partial charge in [-0.1, -0.05) is 35.9 Å². The van der Waals surface area contributed by atoms with Crippen LogP contribution in [0.1, 0.15) is 21.6 Å². The molecule has 1 aliphatic rings. The molecule has 4 nitrogen and oxygen atoms in total. The maximum Gasteiger partial charge on any atom is 0.270 e. The third-order valence-electron chi connectivity index (χ3n) is 5.40. The number of rotatable bonds is 3. The van der Waals surface area contributed by atoms with Crippen molar-refractivity contribution < 1.29 is 9.18 Å². The molecule has 0 saturated carbocycles. The van der Waals surface area contributed by atoms with Gasteiger partial charge >= 0.3 is 0 Å². The average molecular weight is 365 g/mol. The number of benzene rings is 2. The van der Waals surface area contributed by atoms with E-state index in [4.69, 9.17) is 0 Å². The fourth-order valence-corrected chi connectivity index (χ4v) is 3.87. The van der Waals surface area contributed by atoms with E-state index in [1.54, 1.807) is 16.7 Å². The van der Waals surface area contributed by atoms with Gasteiger partial charge in [0, 0.05) is 45.2 Å². The maximum atomic E-state index is 14.0. The highest BCUT2D eigenvalue weighted by atomic mass is 19.1. The van der Waals surface area contributed by atoms with Gasteiger partial charge in [-0.05, 0) is 30.7 Å². The molecule has 27 heavy (non-hydrogen) atoms. The molecule has 0 bridgehead atoms. The molecule has 0 radical (unpaired) electrons. The molecule has 3 aromatic rings. The molecule has 0 spiro atoms. The molecular weight excluding hydrogens is 341 g/mol. The third kappa shape index (κ3) is 3.47. The van der Waals surface area contributed by atoms with Crippen LogP contribution in [0.25, 0.3) is 10.9 Å². The van der Waals surface area contributed by atoms with E-state index in [9.17, 15) is 9.18 Å². The zero-order valence-electron chi connectivity index (χ0n) is 15.8. The summed E-state index contributed by atoms with van der Waals surface area (Å²) in [5, 5.41) is 0.501. The van der Waals surface area contributed by atoms with Crippen LogP contribution in [-0.4, -0.2) is 46.5 Å². The lowest BCUT2D eigenvalue weighted by atomic mass is 10.1. The highest BCUT2D eigenvalue weighted by molar-refractivity contribution is 5.99. The minimum atomic E-state index is -0.287. The number of aryl methyl sites for hydroxylation is 2. The zero-order chi connectivity index (χ0) is 19.0. The molecule has 1 aliphatic heterocycles. The summed E-state index contributed by atoms with van der Waals surface area (Å²) in [6.45, 7) is 6.08. The van der Waals surface area contributed by atoms with E-state index in [1.807, 2.05) is 18.0 Å². The summed E-state index contributed by atoms with van der Waals surface area (Å²) in [5.41, 5.74) is 3.86. The SMILES string of the molecule is Cc1cccc(CN2CCN(C(=O)c3cc4c(F)cccc4n3C)CC2)c1. The second kappa shape index (κ2) is 7.16. The lowest BCUT2D eigenvalue weighted by Crippen LogP contribution is -2.48. The first kappa shape index (κ1) is 17.7. The Labute approximate surface area is 158 Å². The second-order valence-electron chi connectivity index (χ2n) is 7.32. The van der Waals surface area contributed by atoms with Gasteiger partial charge in [0.15, 0.2) is 0 Å². The highest BCUT2D eigenvalue weighted by Crippen LogP contribution is 2.23. The van der Waals surface area contributed by atoms with E-state index >= 15 is 0 Å². The summed E-state index contributed by atoms with van der Waals surface area (Å²) in [5.74, 6) is -0.312. The van der Waals surface area contributed by atoms with Crippen molar-refractivity contribution in [1.82, 2.24) is 14.4 Å². The molecule has 1 amide bonds. The van der Waals surface area contributed by atoms with E-state index in [2.05, 4.69) is 36.1 Å². The van der Waals surface area contributed by atoms with Crippen molar-refractivity contribution in [1.29, 1.82) is 0 Å². The molecule has 5 heteroatoms. The molecule has 2 heterocycles. The molecule has 140 valence electrons. The quantitative estimate of drug-likeness (QED) is 0.710. The number of piperazine rings is 1. The van der Waals surface area contributed by atoms with Gasteiger partial charge in [0.05, 0.1) is 5.52 Å². The Morgan fingerprint density at radius 2 is 1.78 bits per heavy atom. The fourth-order valence-electron chi connectivity index (χ4n) is 3.87. The normalized spacial score (nSPS) is 15.4. The number of carbonyl (C=O) groups is 1. The van der Waals surface area contributed by atoms with E-state index < -0.39 is 0 Å². The Balaban J connectivity index is 1.44. The van der Waals surface area contributed by atoms with Crippen LogP contribution in [0.2, 0.25) is 0 Å². The van der Waals surface area contributed by atoms with Crippen molar-refractivity contribution in [2.45, 2.75) is 13.5 Å². The predicted octanol–water partition coefficient (Wildman–Crippen LogP) is 3.58. The third-order valence-corrected chi connectivity index (χ3v) is 5.40. The van der Waals surface area contributed by atoms with Crippen LogP contribution in [-0.2, 0) is 13.6 Å². The Morgan fingerprint density at radius 1 is 1.04 bits per heavy atom. The maximum absolute atomic E-state index is 14.0. The Morgan fingerprint density at radius 3 is 2.48 bits per heavy atom. The van der Waals surface area contributed by atoms with Crippen LogP contribution < -0.4 is 0 Å². The average Bonchev–Trinajstić information content (AvgIpc) is 3.00. The van der Waals surface area contributed by atoms with Crippen molar-refractivity contribution in [3.8, 4) is 0 Å². The topological polar surface area (TPSA) is 28.5 Å². The van der Waals surface area contributed by atoms with Crippen LogP contribution >= 0.6 is 0 Å². The van der Waals surface area contributed by atoms with E-state index in [0.29, 0.717) is 24.2 Å². The number of hydrogen-bond donors (Lipinski definition) is 0.